The molecule has 0 saturated carbocycles. The first kappa shape index (κ1) is 25.2. The average molecular weight is 388 g/mol. The van der Waals surface area contributed by atoms with Crippen LogP contribution in [0.1, 0.15) is 116 Å². The second kappa shape index (κ2) is 19.5. The van der Waals surface area contributed by atoms with Gasteiger partial charge in [-0.05, 0) is 57.3 Å². The van der Waals surface area contributed by atoms with Crippen LogP contribution in [0.15, 0.2) is 30.3 Å². The van der Waals surface area contributed by atoms with Crippen LogP contribution in [0.5, 0.6) is 0 Å². The molecule has 0 N–H and O–H groups in total. The molecular formula is C27H49N. The zero-order chi connectivity index (χ0) is 20.1. The molecule has 0 unspecified atom stereocenters. The minimum absolute atomic E-state index is 1.26. The van der Waals surface area contributed by atoms with Crippen molar-refractivity contribution in [1.29, 1.82) is 0 Å². The molecule has 0 fully saturated rings. The molecule has 0 aliphatic rings. The first-order valence-electron chi connectivity index (χ1n) is 12.6. The van der Waals surface area contributed by atoms with Crippen molar-refractivity contribution in [2.75, 3.05) is 19.6 Å². The first-order chi connectivity index (χ1) is 13.9. The molecule has 1 nitrogen and oxygen atoms in total. The van der Waals surface area contributed by atoms with Gasteiger partial charge in [-0.3, -0.25) is 0 Å². The van der Waals surface area contributed by atoms with E-state index in [0.29, 0.717) is 0 Å². The fourth-order valence-corrected chi connectivity index (χ4v) is 4.22. The van der Waals surface area contributed by atoms with Crippen molar-refractivity contribution in [3.05, 3.63) is 35.9 Å². The third-order valence-electron chi connectivity index (χ3n) is 5.86. The molecule has 0 aliphatic heterocycles. The summed E-state index contributed by atoms with van der Waals surface area (Å²) >= 11 is 0. The highest BCUT2D eigenvalue weighted by atomic mass is 15.1. The molecule has 0 bridgehead atoms. The molecular weight excluding hydrogens is 338 g/mol. The van der Waals surface area contributed by atoms with Crippen LogP contribution < -0.4 is 0 Å². The van der Waals surface area contributed by atoms with Crippen LogP contribution in [-0.2, 0) is 6.42 Å². The summed E-state index contributed by atoms with van der Waals surface area (Å²) in [5.41, 5.74) is 1.50. The van der Waals surface area contributed by atoms with Gasteiger partial charge in [0.05, 0.1) is 0 Å². The molecule has 0 atom stereocenters. The zero-order valence-electron chi connectivity index (χ0n) is 19.3. The predicted molar refractivity (Wildman–Crippen MR) is 127 cm³/mol. The van der Waals surface area contributed by atoms with Crippen molar-refractivity contribution in [2.24, 2.45) is 0 Å². The van der Waals surface area contributed by atoms with Gasteiger partial charge in [0.15, 0.2) is 0 Å². The maximum atomic E-state index is 2.65. The number of aryl methyl sites for hydroxylation is 1. The van der Waals surface area contributed by atoms with E-state index in [9.17, 15) is 0 Å². The van der Waals surface area contributed by atoms with E-state index >= 15 is 0 Å². The Morgan fingerprint density at radius 3 is 1.39 bits per heavy atom. The maximum Gasteiger partial charge on any atom is -0.00187 e. The molecule has 28 heavy (non-hydrogen) atoms. The molecule has 1 heteroatoms. The number of nitrogens with zero attached hydrogens (tertiary/aromatic N) is 1. The Morgan fingerprint density at radius 1 is 0.500 bits per heavy atom. The number of rotatable bonds is 20. The van der Waals surface area contributed by atoms with Crippen molar-refractivity contribution >= 4 is 0 Å². The molecule has 1 aromatic rings. The van der Waals surface area contributed by atoms with E-state index in [-0.39, 0.29) is 0 Å². The van der Waals surface area contributed by atoms with Gasteiger partial charge < -0.3 is 4.90 Å². The largest absolute Gasteiger partial charge is 0.303 e. The van der Waals surface area contributed by atoms with Gasteiger partial charge in [-0.15, -0.1) is 0 Å². The predicted octanol–water partition coefficient (Wildman–Crippen LogP) is 8.42. The standard InChI is InChI=1S/C27H49N/c1-3-24-28(25-4-2)26-20-15-13-11-9-7-5-6-8-10-12-14-17-21-27-22-18-16-19-23-27/h16,18-19,22-23H,3-15,17,20-21,24-26H2,1-2H3. The van der Waals surface area contributed by atoms with Crippen molar-refractivity contribution in [2.45, 2.75) is 117 Å². The van der Waals surface area contributed by atoms with Crippen LogP contribution >= 0.6 is 0 Å². The molecule has 1 aromatic carbocycles. The Kier molecular flexibility index (Phi) is 17.6. The molecule has 0 saturated heterocycles. The van der Waals surface area contributed by atoms with Crippen molar-refractivity contribution in [1.82, 2.24) is 4.90 Å². The number of hydrogen-bond acceptors (Lipinski definition) is 1. The minimum Gasteiger partial charge on any atom is -0.303 e. The lowest BCUT2D eigenvalue weighted by atomic mass is 10.0. The third-order valence-corrected chi connectivity index (χ3v) is 5.86. The molecule has 0 aliphatic carbocycles. The number of unbranched alkanes of at least 4 members (excludes halogenated alkanes) is 12. The van der Waals surface area contributed by atoms with Gasteiger partial charge in [-0.25, -0.2) is 0 Å². The van der Waals surface area contributed by atoms with E-state index in [0.717, 1.165) is 0 Å². The van der Waals surface area contributed by atoms with Crippen molar-refractivity contribution in [3.8, 4) is 0 Å². The average Bonchev–Trinajstić information content (AvgIpc) is 2.72. The monoisotopic (exact) mass is 387 g/mol. The molecule has 162 valence electrons. The SMILES string of the molecule is CCCN(CCC)CCCCCCCCCCCCCCCc1ccccc1. The van der Waals surface area contributed by atoms with Crippen LogP contribution in [-0.4, -0.2) is 24.5 Å². The fraction of sp³-hybridized carbons (Fsp3) is 0.778. The first-order valence-corrected chi connectivity index (χ1v) is 12.6. The molecule has 0 spiro atoms. The van der Waals surface area contributed by atoms with Crippen LogP contribution in [0, 0.1) is 0 Å². The van der Waals surface area contributed by atoms with Crippen LogP contribution in [0.25, 0.3) is 0 Å². The van der Waals surface area contributed by atoms with E-state index in [1.807, 2.05) is 0 Å². The number of hydrogen-bond donors (Lipinski definition) is 0. The van der Waals surface area contributed by atoms with E-state index in [1.54, 1.807) is 0 Å². The summed E-state index contributed by atoms with van der Waals surface area (Å²) in [6, 6.07) is 10.9. The summed E-state index contributed by atoms with van der Waals surface area (Å²) in [4.78, 5) is 2.65. The quantitative estimate of drug-likeness (QED) is 0.203. The smallest absolute Gasteiger partial charge is 0.00187 e. The lowest BCUT2D eigenvalue weighted by molar-refractivity contribution is 0.267. The van der Waals surface area contributed by atoms with Gasteiger partial charge in [0, 0.05) is 0 Å². The zero-order valence-corrected chi connectivity index (χ0v) is 19.3. The van der Waals surface area contributed by atoms with E-state index in [2.05, 4.69) is 49.1 Å². The van der Waals surface area contributed by atoms with Gasteiger partial charge in [-0.2, -0.15) is 0 Å². The van der Waals surface area contributed by atoms with Crippen molar-refractivity contribution < 1.29 is 0 Å². The Morgan fingerprint density at radius 2 is 0.929 bits per heavy atom. The maximum absolute atomic E-state index is 2.65. The number of benzene rings is 1. The van der Waals surface area contributed by atoms with Gasteiger partial charge >= 0.3 is 0 Å². The second-order valence-electron chi connectivity index (χ2n) is 8.67. The highest BCUT2D eigenvalue weighted by molar-refractivity contribution is 5.14. The Bertz CT molecular complexity index is 408. The molecule has 0 aromatic heterocycles. The van der Waals surface area contributed by atoms with Gasteiger partial charge in [0.2, 0.25) is 0 Å². The lowest BCUT2D eigenvalue weighted by Crippen LogP contribution is -2.26. The lowest BCUT2D eigenvalue weighted by Gasteiger charge is -2.20. The summed E-state index contributed by atoms with van der Waals surface area (Å²) in [6.45, 7) is 8.51. The van der Waals surface area contributed by atoms with Crippen molar-refractivity contribution in [3.63, 3.8) is 0 Å². The van der Waals surface area contributed by atoms with Gasteiger partial charge in [0.1, 0.15) is 0 Å². The molecule has 0 amide bonds. The van der Waals surface area contributed by atoms with E-state index in [4.69, 9.17) is 0 Å². The second-order valence-corrected chi connectivity index (χ2v) is 8.67. The van der Waals surface area contributed by atoms with E-state index in [1.165, 1.54) is 128 Å². The Labute approximate surface area is 177 Å². The topological polar surface area (TPSA) is 3.24 Å². The van der Waals surface area contributed by atoms with Gasteiger partial charge in [0.25, 0.3) is 0 Å². The van der Waals surface area contributed by atoms with Crippen LogP contribution in [0.2, 0.25) is 0 Å². The van der Waals surface area contributed by atoms with Crippen LogP contribution in [0.4, 0.5) is 0 Å². The summed E-state index contributed by atoms with van der Waals surface area (Å²) in [6.07, 6.45) is 22.6. The van der Waals surface area contributed by atoms with Gasteiger partial charge in [-0.1, -0.05) is 115 Å². The molecule has 0 radical (unpaired) electrons. The van der Waals surface area contributed by atoms with E-state index < -0.39 is 0 Å². The highest BCUT2D eigenvalue weighted by Gasteiger charge is 2.01. The molecule has 0 heterocycles. The third kappa shape index (κ3) is 15.1. The van der Waals surface area contributed by atoms with Crippen LogP contribution in [0.3, 0.4) is 0 Å². The fourth-order valence-electron chi connectivity index (χ4n) is 4.22. The highest BCUT2D eigenvalue weighted by Crippen LogP contribution is 2.14. The normalized spacial score (nSPS) is 11.4. The summed E-state index contributed by atoms with van der Waals surface area (Å²) in [7, 11) is 0. The Balaban J connectivity index is 1.76. The minimum atomic E-state index is 1.26. The Hall–Kier alpha value is -0.820. The summed E-state index contributed by atoms with van der Waals surface area (Å²) in [5.74, 6) is 0. The summed E-state index contributed by atoms with van der Waals surface area (Å²) in [5, 5.41) is 0. The summed E-state index contributed by atoms with van der Waals surface area (Å²) < 4.78 is 0. The molecule has 1 rings (SSSR count).